The lowest BCUT2D eigenvalue weighted by Crippen LogP contribution is -2.46. The summed E-state index contributed by atoms with van der Waals surface area (Å²) in [6.45, 7) is 1.70. The third-order valence-corrected chi connectivity index (χ3v) is 5.90. The van der Waals surface area contributed by atoms with Crippen molar-refractivity contribution in [2.45, 2.75) is 25.8 Å². The zero-order chi connectivity index (χ0) is 19.1. The summed E-state index contributed by atoms with van der Waals surface area (Å²) >= 11 is 0. The Morgan fingerprint density at radius 1 is 1.11 bits per heavy atom. The number of hydrogen-bond acceptors (Lipinski definition) is 3. The number of piperidine rings is 1. The summed E-state index contributed by atoms with van der Waals surface area (Å²) in [6.07, 6.45) is 1.84. The molecule has 0 radical (unpaired) electrons. The van der Waals surface area contributed by atoms with Gasteiger partial charge in [0, 0.05) is 49.3 Å². The standard InChI is InChI=1S/C22H22N4O2/c27-20-9-8-15(12-23-20)22(28)26-11-10-19-18(13-26)21(25-24-19)17-7-3-5-14-4-1-2-6-16(14)17/h1-7,15H,8-13H2,(H,23,27)(H,24,25)/t15-/m1/s1. The molecule has 1 aromatic heterocycles. The Labute approximate surface area is 162 Å². The van der Waals surface area contributed by atoms with Gasteiger partial charge in [-0.05, 0) is 17.2 Å². The number of amides is 2. The van der Waals surface area contributed by atoms with E-state index in [9.17, 15) is 9.59 Å². The first kappa shape index (κ1) is 17.0. The van der Waals surface area contributed by atoms with Gasteiger partial charge in [0.2, 0.25) is 11.8 Å². The van der Waals surface area contributed by atoms with E-state index in [1.165, 1.54) is 5.39 Å². The number of fused-ring (bicyclic) bond motifs is 2. The fourth-order valence-corrected chi connectivity index (χ4v) is 4.34. The maximum Gasteiger partial charge on any atom is 0.227 e. The van der Waals surface area contributed by atoms with Crippen molar-refractivity contribution in [2.75, 3.05) is 13.1 Å². The molecule has 2 aliphatic rings. The fourth-order valence-electron chi connectivity index (χ4n) is 4.34. The van der Waals surface area contributed by atoms with Gasteiger partial charge in [-0.25, -0.2) is 0 Å². The first-order valence-electron chi connectivity index (χ1n) is 9.80. The van der Waals surface area contributed by atoms with E-state index in [1.807, 2.05) is 17.0 Å². The van der Waals surface area contributed by atoms with Crippen molar-refractivity contribution in [3.8, 4) is 11.3 Å². The molecule has 1 fully saturated rings. The highest BCUT2D eigenvalue weighted by molar-refractivity contribution is 5.96. The summed E-state index contributed by atoms with van der Waals surface area (Å²) in [5, 5.41) is 13.0. The van der Waals surface area contributed by atoms with Crippen molar-refractivity contribution in [1.82, 2.24) is 20.4 Å². The molecule has 0 spiro atoms. The Bertz CT molecular complexity index is 1060. The van der Waals surface area contributed by atoms with Crippen molar-refractivity contribution in [3.05, 3.63) is 53.7 Å². The van der Waals surface area contributed by atoms with E-state index >= 15 is 0 Å². The van der Waals surface area contributed by atoms with Crippen molar-refractivity contribution in [3.63, 3.8) is 0 Å². The van der Waals surface area contributed by atoms with Gasteiger partial charge in [-0.2, -0.15) is 5.10 Å². The molecule has 5 rings (SSSR count). The van der Waals surface area contributed by atoms with Crippen LogP contribution in [0.1, 0.15) is 24.1 Å². The minimum absolute atomic E-state index is 0.0399. The topological polar surface area (TPSA) is 78.1 Å². The molecule has 3 aromatic rings. The molecule has 6 nitrogen and oxygen atoms in total. The van der Waals surface area contributed by atoms with E-state index < -0.39 is 0 Å². The highest BCUT2D eigenvalue weighted by atomic mass is 16.2. The average Bonchev–Trinajstić information content (AvgIpc) is 3.16. The first-order valence-corrected chi connectivity index (χ1v) is 9.80. The summed E-state index contributed by atoms with van der Waals surface area (Å²) in [6, 6.07) is 14.5. The normalized spacial score (nSPS) is 19.4. The molecule has 2 aromatic carbocycles. The van der Waals surface area contributed by atoms with Crippen molar-refractivity contribution >= 4 is 22.6 Å². The zero-order valence-electron chi connectivity index (χ0n) is 15.6. The molecule has 0 saturated carbocycles. The van der Waals surface area contributed by atoms with Crippen LogP contribution in [-0.2, 0) is 22.6 Å². The Morgan fingerprint density at radius 3 is 2.82 bits per heavy atom. The highest BCUT2D eigenvalue weighted by Gasteiger charge is 2.32. The summed E-state index contributed by atoms with van der Waals surface area (Å²) in [4.78, 5) is 26.3. The summed E-state index contributed by atoms with van der Waals surface area (Å²) in [5.74, 6) is 0.0564. The van der Waals surface area contributed by atoms with Crippen molar-refractivity contribution in [2.24, 2.45) is 5.92 Å². The Balaban J connectivity index is 1.46. The molecule has 2 N–H and O–H groups in total. The molecule has 0 bridgehead atoms. The third-order valence-electron chi connectivity index (χ3n) is 5.90. The lowest BCUT2D eigenvalue weighted by Gasteiger charge is -2.32. The second kappa shape index (κ2) is 6.78. The van der Waals surface area contributed by atoms with Crippen molar-refractivity contribution in [1.29, 1.82) is 0 Å². The van der Waals surface area contributed by atoms with E-state index in [-0.39, 0.29) is 17.7 Å². The van der Waals surface area contributed by atoms with Crippen LogP contribution in [0.2, 0.25) is 0 Å². The van der Waals surface area contributed by atoms with Crippen LogP contribution in [0.15, 0.2) is 42.5 Å². The SMILES string of the molecule is O=C1CC[C@@H](C(=O)N2CCc3[nH]nc(-c4cccc5ccccc45)c3C2)CN1. The number of benzene rings is 2. The van der Waals surface area contributed by atoms with Crippen LogP contribution < -0.4 is 5.32 Å². The quantitative estimate of drug-likeness (QED) is 0.724. The number of hydrogen-bond donors (Lipinski definition) is 2. The number of carbonyl (C=O) groups is 2. The molecule has 2 amide bonds. The van der Waals surface area contributed by atoms with Gasteiger partial charge in [0.25, 0.3) is 0 Å². The van der Waals surface area contributed by atoms with E-state index in [2.05, 4.69) is 45.8 Å². The fraction of sp³-hybridized carbons (Fsp3) is 0.318. The number of aromatic amines is 1. The largest absolute Gasteiger partial charge is 0.355 e. The van der Waals surface area contributed by atoms with E-state index in [4.69, 9.17) is 0 Å². The Kier molecular flexibility index (Phi) is 4.11. The van der Waals surface area contributed by atoms with Crippen molar-refractivity contribution < 1.29 is 9.59 Å². The second-order valence-electron chi connectivity index (χ2n) is 7.61. The second-order valence-corrected chi connectivity index (χ2v) is 7.61. The number of rotatable bonds is 2. The van der Waals surface area contributed by atoms with Crippen LogP contribution in [0.3, 0.4) is 0 Å². The van der Waals surface area contributed by atoms with Gasteiger partial charge in [0.1, 0.15) is 0 Å². The summed E-state index contributed by atoms with van der Waals surface area (Å²) < 4.78 is 0. The van der Waals surface area contributed by atoms with Gasteiger partial charge in [-0.15, -0.1) is 0 Å². The Hall–Kier alpha value is -3.15. The minimum Gasteiger partial charge on any atom is -0.355 e. The number of carbonyl (C=O) groups excluding carboxylic acids is 2. The average molecular weight is 374 g/mol. The van der Waals surface area contributed by atoms with Gasteiger partial charge in [0.05, 0.1) is 11.6 Å². The lowest BCUT2D eigenvalue weighted by molar-refractivity contribution is -0.138. The van der Waals surface area contributed by atoms with E-state index in [0.29, 0.717) is 32.5 Å². The predicted molar refractivity (Wildman–Crippen MR) is 106 cm³/mol. The Morgan fingerprint density at radius 2 is 1.96 bits per heavy atom. The van der Waals surface area contributed by atoms with Gasteiger partial charge >= 0.3 is 0 Å². The molecule has 28 heavy (non-hydrogen) atoms. The molecule has 1 atom stereocenters. The summed E-state index contributed by atoms with van der Waals surface area (Å²) in [7, 11) is 0. The van der Waals surface area contributed by atoms with Crippen LogP contribution >= 0.6 is 0 Å². The van der Waals surface area contributed by atoms with Gasteiger partial charge in [-0.3, -0.25) is 14.7 Å². The number of nitrogens with zero attached hydrogens (tertiary/aromatic N) is 2. The molecule has 0 aliphatic carbocycles. The third kappa shape index (κ3) is 2.85. The molecule has 142 valence electrons. The highest BCUT2D eigenvalue weighted by Crippen LogP contribution is 2.33. The minimum atomic E-state index is -0.118. The smallest absolute Gasteiger partial charge is 0.227 e. The zero-order valence-corrected chi connectivity index (χ0v) is 15.6. The predicted octanol–water partition coefficient (Wildman–Crippen LogP) is 2.64. The van der Waals surface area contributed by atoms with E-state index in [0.717, 1.165) is 34.3 Å². The molecule has 0 unspecified atom stereocenters. The molecule has 2 aliphatic heterocycles. The number of nitrogens with one attached hydrogen (secondary N) is 2. The van der Waals surface area contributed by atoms with Gasteiger partial charge in [-0.1, -0.05) is 42.5 Å². The molecule has 3 heterocycles. The van der Waals surface area contributed by atoms with Crippen LogP contribution in [-0.4, -0.2) is 40.0 Å². The molecular weight excluding hydrogens is 352 g/mol. The number of aromatic nitrogens is 2. The van der Waals surface area contributed by atoms with Crippen LogP contribution in [0.5, 0.6) is 0 Å². The van der Waals surface area contributed by atoms with Crippen LogP contribution in [0.25, 0.3) is 22.0 Å². The maximum absolute atomic E-state index is 13.0. The van der Waals surface area contributed by atoms with Crippen LogP contribution in [0.4, 0.5) is 0 Å². The van der Waals surface area contributed by atoms with E-state index in [1.54, 1.807) is 0 Å². The maximum atomic E-state index is 13.0. The first-order chi connectivity index (χ1) is 13.7. The van der Waals surface area contributed by atoms with Gasteiger partial charge < -0.3 is 10.2 Å². The monoisotopic (exact) mass is 374 g/mol. The lowest BCUT2D eigenvalue weighted by atomic mass is 9.94. The molecule has 6 heteroatoms. The summed E-state index contributed by atoms with van der Waals surface area (Å²) in [5.41, 5.74) is 4.25. The molecule has 1 saturated heterocycles. The van der Waals surface area contributed by atoms with Crippen LogP contribution in [0, 0.1) is 5.92 Å². The molecular formula is C22H22N4O2. The number of H-pyrrole nitrogens is 1. The van der Waals surface area contributed by atoms with Gasteiger partial charge in [0.15, 0.2) is 0 Å².